The predicted molar refractivity (Wildman–Crippen MR) is 70.6 cm³/mol. The summed E-state index contributed by atoms with van der Waals surface area (Å²) in [7, 11) is 0. The third-order valence-corrected chi connectivity index (χ3v) is 4.04. The fourth-order valence-corrected chi connectivity index (χ4v) is 2.59. The van der Waals surface area contributed by atoms with Crippen LogP contribution in [0.2, 0.25) is 0 Å². The van der Waals surface area contributed by atoms with Crippen molar-refractivity contribution < 1.29 is 14.7 Å². The molecule has 2 N–H and O–H groups in total. The first kappa shape index (κ1) is 12.8. The van der Waals surface area contributed by atoms with Crippen LogP contribution in [0.5, 0.6) is 0 Å². The van der Waals surface area contributed by atoms with Crippen molar-refractivity contribution in [2.45, 2.75) is 13.3 Å². The zero-order valence-electron chi connectivity index (χ0n) is 10.1. The van der Waals surface area contributed by atoms with Crippen molar-refractivity contribution in [2.75, 3.05) is 6.54 Å². The van der Waals surface area contributed by atoms with E-state index in [0.717, 1.165) is 6.08 Å². The lowest BCUT2D eigenvalue weighted by Gasteiger charge is -2.03. The Kier molecular flexibility index (Phi) is 3.81. The maximum atomic E-state index is 11.9. The summed E-state index contributed by atoms with van der Waals surface area (Å²) in [6.07, 6.45) is 3.67. The van der Waals surface area contributed by atoms with Crippen LogP contribution in [-0.2, 0) is 4.79 Å². The van der Waals surface area contributed by atoms with Gasteiger partial charge in [0.15, 0.2) is 0 Å². The first-order chi connectivity index (χ1) is 8.58. The van der Waals surface area contributed by atoms with Gasteiger partial charge in [-0.1, -0.05) is 6.92 Å². The highest BCUT2D eigenvalue weighted by molar-refractivity contribution is 7.12. The minimum atomic E-state index is -1.01. The Morgan fingerprint density at radius 2 is 2.33 bits per heavy atom. The molecule has 0 aromatic carbocycles. The summed E-state index contributed by atoms with van der Waals surface area (Å²) in [6.45, 7) is 2.88. The van der Waals surface area contributed by atoms with E-state index in [4.69, 9.17) is 5.11 Å². The van der Waals surface area contributed by atoms with Crippen molar-refractivity contribution in [3.05, 3.63) is 28.0 Å². The van der Waals surface area contributed by atoms with Crippen LogP contribution in [0.25, 0.3) is 6.08 Å². The summed E-state index contributed by atoms with van der Waals surface area (Å²) in [5, 5.41) is 13.3. The monoisotopic (exact) mass is 265 g/mol. The molecule has 1 aromatic rings. The second-order valence-electron chi connectivity index (χ2n) is 4.56. The van der Waals surface area contributed by atoms with Gasteiger partial charge in [-0.2, -0.15) is 0 Å². The van der Waals surface area contributed by atoms with E-state index in [2.05, 4.69) is 12.2 Å². The number of hydrogen-bond donors (Lipinski definition) is 2. The molecular weight excluding hydrogens is 250 g/mol. The molecule has 0 radical (unpaired) electrons. The van der Waals surface area contributed by atoms with Crippen molar-refractivity contribution in [3.63, 3.8) is 0 Å². The van der Waals surface area contributed by atoms with Crippen LogP contribution >= 0.6 is 11.3 Å². The average molecular weight is 265 g/mol. The SMILES string of the molecule is CC1CC1CNC(=O)c1sccc1/C=C/C(=O)O. The molecule has 2 atom stereocenters. The van der Waals surface area contributed by atoms with Gasteiger partial charge in [-0.25, -0.2) is 4.79 Å². The average Bonchev–Trinajstić information content (AvgIpc) is 2.85. The summed E-state index contributed by atoms with van der Waals surface area (Å²) < 4.78 is 0. The van der Waals surface area contributed by atoms with Crippen molar-refractivity contribution in [1.29, 1.82) is 0 Å². The van der Waals surface area contributed by atoms with E-state index in [1.165, 1.54) is 23.8 Å². The molecule has 4 nitrogen and oxygen atoms in total. The summed E-state index contributed by atoms with van der Waals surface area (Å²) in [4.78, 5) is 22.9. The van der Waals surface area contributed by atoms with Gasteiger partial charge in [0.1, 0.15) is 0 Å². The molecule has 0 spiro atoms. The maximum Gasteiger partial charge on any atom is 0.328 e. The number of carboxylic acids is 1. The van der Waals surface area contributed by atoms with Crippen LogP contribution < -0.4 is 5.32 Å². The minimum absolute atomic E-state index is 0.117. The predicted octanol–water partition coefficient (Wildman–Crippen LogP) is 2.23. The second-order valence-corrected chi connectivity index (χ2v) is 5.48. The molecule has 0 saturated heterocycles. The molecule has 96 valence electrons. The Morgan fingerprint density at radius 3 is 2.94 bits per heavy atom. The van der Waals surface area contributed by atoms with Crippen molar-refractivity contribution >= 4 is 29.3 Å². The Bertz CT molecular complexity index is 492. The summed E-state index contributed by atoms with van der Waals surface area (Å²) >= 11 is 1.33. The molecule has 0 aliphatic heterocycles. The highest BCUT2D eigenvalue weighted by atomic mass is 32.1. The van der Waals surface area contributed by atoms with Gasteiger partial charge in [0.25, 0.3) is 5.91 Å². The first-order valence-corrected chi connectivity index (χ1v) is 6.72. The summed E-state index contributed by atoms with van der Waals surface area (Å²) in [6, 6.07) is 1.75. The van der Waals surface area contributed by atoms with Crippen molar-refractivity contribution in [1.82, 2.24) is 5.32 Å². The number of nitrogens with one attached hydrogen (secondary N) is 1. The number of hydrogen-bond acceptors (Lipinski definition) is 3. The molecule has 1 aromatic heterocycles. The highest BCUT2D eigenvalue weighted by Gasteiger charge is 2.32. The Balaban J connectivity index is 1.97. The van der Waals surface area contributed by atoms with Gasteiger partial charge < -0.3 is 10.4 Å². The quantitative estimate of drug-likeness (QED) is 0.802. The van der Waals surface area contributed by atoms with E-state index in [9.17, 15) is 9.59 Å². The van der Waals surface area contributed by atoms with Gasteiger partial charge in [-0.05, 0) is 41.3 Å². The zero-order chi connectivity index (χ0) is 13.1. The molecule has 5 heteroatoms. The minimum Gasteiger partial charge on any atom is -0.478 e. The van der Waals surface area contributed by atoms with E-state index in [-0.39, 0.29) is 5.91 Å². The van der Waals surface area contributed by atoms with Gasteiger partial charge in [0.05, 0.1) is 4.88 Å². The van der Waals surface area contributed by atoms with Gasteiger partial charge in [-0.15, -0.1) is 11.3 Å². The molecule has 1 fully saturated rings. The van der Waals surface area contributed by atoms with Crippen molar-refractivity contribution in [2.24, 2.45) is 11.8 Å². The van der Waals surface area contributed by atoms with Crippen molar-refractivity contribution in [3.8, 4) is 0 Å². The third-order valence-electron chi connectivity index (χ3n) is 3.11. The second kappa shape index (κ2) is 5.35. The van der Waals surface area contributed by atoms with Gasteiger partial charge in [-0.3, -0.25) is 4.79 Å². The Hall–Kier alpha value is -1.62. The summed E-state index contributed by atoms with van der Waals surface area (Å²) in [5.41, 5.74) is 0.656. The number of amides is 1. The molecule has 1 saturated carbocycles. The molecule has 18 heavy (non-hydrogen) atoms. The summed E-state index contributed by atoms with van der Waals surface area (Å²) in [5.74, 6) is 0.181. The van der Waals surface area contributed by atoms with Crippen LogP contribution in [0.1, 0.15) is 28.6 Å². The number of carbonyl (C=O) groups is 2. The highest BCUT2D eigenvalue weighted by Crippen LogP contribution is 2.36. The number of carboxylic acid groups (broad SMARTS) is 1. The van der Waals surface area contributed by atoms with Crippen LogP contribution in [0.3, 0.4) is 0 Å². The molecule has 1 aliphatic carbocycles. The molecular formula is C13H15NO3S. The first-order valence-electron chi connectivity index (χ1n) is 5.84. The number of aliphatic carboxylic acids is 1. The lowest BCUT2D eigenvalue weighted by Crippen LogP contribution is -2.25. The third kappa shape index (κ3) is 3.20. The van der Waals surface area contributed by atoms with E-state index in [1.54, 1.807) is 11.4 Å². The smallest absolute Gasteiger partial charge is 0.328 e. The lowest BCUT2D eigenvalue weighted by atomic mass is 10.2. The van der Waals surface area contributed by atoms with Crippen LogP contribution in [0.15, 0.2) is 17.5 Å². The van der Waals surface area contributed by atoms with Gasteiger partial charge in [0, 0.05) is 12.6 Å². The molecule has 2 unspecified atom stereocenters. The standard InChI is InChI=1S/C13H15NO3S/c1-8-6-10(8)7-14-13(17)12-9(4-5-18-12)2-3-11(15)16/h2-5,8,10H,6-7H2,1H3,(H,14,17)(H,15,16)/b3-2+. The maximum absolute atomic E-state index is 11.9. The zero-order valence-corrected chi connectivity index (χ0v) is 10.9. The van der Waals surface area contributed by atoms with Gasteiger partial charge >= 0.3 is 5.97 Å². The Morgan fingerprint density at radius 1 is 1.61 bits per heavy atom. The Labute approximate surface area is 109 Å². The van der Waals surface area contributed by atoms with Crippen LogP contribution in [0.4, 0.5) is 0 Å². The van der Waals surface area contributed by atoms with Crippen LogP contribution in [0, 0.1) is 11.8 Å². The number of thiophene rings is 1. The van der Waals surface area contributed by atoms with E-state index in [1.807, 2.05) is 0 Å². The molecule has 0 bridgehead atoms. The number of rotatable bonds is 5. The molecule has 1 aliphatic rings. The van der Waals surface area contributed by atoms with Crippen LogP contribution in [-0.4, -0.2) is 23.5 Å². The fraction of sp³-hybridized carbons (Fsp3) is 0.385. The molecule has 1 heterocycles. The largest absolute Gasteiger partial charge is 0.478 e. The molecule has 1 amide bonds. The van der Waals surface area contributed by atoms with E-state index < -0.39 is 5.97 Å². The fourth-order valence-electron chi connectivity index (χ4n) is 1.78. The topological polar surface area (TPSA) is 66.4 Å². The van der Waals surface area contributed by atoms with Gasteiger partial charge in [0.2, 0.25) is 0 Å². The normalized spacial score (nSPS) is 22.1. The molecule has 2 rings (SSSR count). The number of carbonyl (C=O) groups excluding carboxylic acids is 1. The van der Waals surface area contributed by atoms with E-state index in [0.29, 0.717) is 28.8 Å². The van der Waals surface area contributed by atoms with E-state index >= 15 is 0 Å². The lowest BCUT2D eigenvalue weighted by molar-refractivity contribution is -0.131.